The number of hydrogen-bond acceptors (Lipinski definition) is 4. The highest BCUT2D eigenvalue weighted by Crippen LogP contribution is 2.30. The van der Waals surface area contributed by atoms with Crippen LogP contribution in [0.2, 0.25) is 5.15 Å². The second kappa shape index (κ2) is 5.72. The summed E-state index contributed by atoms with van der Waals surface area (Å²) < 4.78 is 0. The first-order chi connectivity index (χ1) is 9.61. The molecule has 102 valence electrons. The number of aromatic nitrogens is 2. The zero-order chi connectivity index (χ0) is 14.1. The van der Waals surface area contributed by atoms with Gasteiger partial charge in [0.15, 0.2) is 0 Å². The summed E-state index contributed by atoms with van der Waals surface area (Å²) in [6.07, 6.45) is 0. The highest BCUT2D eigenvalue weighted by molar-refractivity contribution is 7.98. The van der Waals surface area contributed by atoms with Crippen LogP contribution in [0.1, 0.15) is 16.3 Å². The third-order valence-electron chi connectivity index (χ3n) is 2.87. The molecule has 0 aliphatic rings. The van der Waals surface area contributed by atoms with E-state index in [1.165, 1.54) is 15.3 Å². The fourth-order valence-electron chi connectivity index (χ4n) is 1.97. The number of halogens is 1. The number of aryl methyl sites for hydroxylation is 2. The molecule has 3 rings (SSSR count). The van der Waals surface area contributed by atoms with Gasteiger partial charge in [-0.3, -0.25) is 0 Å². The molecule has 1 aromatic carbocycles. The Labute approximate surface area is 131 Å². The number of hydrogen-bond donors (Lipinski definition) is 0. The van der Waals surface area contributed by atoms with Crippen LogP contribution in [0.15, 0.2) is 35.2 Å². The number of benzene rings is 1. The minimum absolute atomic E-state index is 0.555. The van der Waals surface area contributed by atoms with Crippen LogP contribution >= 0.6 is 34.7 Å². The minimum Gasteiger partial charge on any atom is -0.221 e. The SMILES string of the molecule is Cc1cccc(SCc2nc(Cl)c3cc(C)sc3n2)c1. The summed E-state index contributed by atoms with van der Waals surface area (Å²) in [5, 5.41) is 1.51. The van der Waals surface area contributed by atoms with E-state index < -0.39 is 0 Å². The number of thioether (sulfide) groups is 1. The number of fused-ring (bicyclic) bond motifs is 1. The fraction of sp³-hybridized carbons (Fsp3) is 0.200. The van der Waals surface area contributed by atoms with Crippen LogP contribution < -0.4 is 0 Å². The maximum absolute atomic E-state index is 6.23. The topological polar surface area (TPSA) is 25.8 Å². The summed E-state index contributed by atoms with van der Waals surface area (Å²) in [5.74, 6) is 1.52. The van der Waals surface area contributed by atoms with Crippen LogP contribution in [-0.4, -0.2) is 9.97 Å². The molecule has 0 amide bonds. The van der Waals surface area contributed by atoms with E-state index >= 15 is 0 Å². The van der Waals surface area contributed by atoms with Gasteiger partial charge in [-0.15, -0.1) is 23.1 Å². The van der Waals surface area contributed by atoms with Gasteiger partial charge in [0.25, 0.3) is 0 Å². The molecule has 2 nitrogen and oxygen atoms in total. The Balaban J connectivity index is 1.84. The number of thiophene rings is 1. The fourth-order valence-corrected chi connectivity index (χ4v) is 4.03. The largest absolute Gasteiger partial charge is 0.221 e. The van der Waals surface area contributed by atoms with Crippen molar-refractivity contribution < 1.29 is 0 Å². The molecule has 0 aliphatic carbocycles. The lowest BCUT2D eigenvalue weighted by Gasteiger charge is -2.03. The van der Waals surface area contributed by atoms with Crippen molar-refractivity contribution in [3.8, 4) is 0 Å². The van der Waals surface area contributed by atoms with Crippen molar-refractivity contribution in [2.75, 3.05) is 0 Å². The Morgan fingerprint density at radius 1 is 1.20 bits per heavy atom. The van der Waals surface area contributed by atoms with Crippen molar-refractivity contribution in [1.29, 1.82) is 0 Å². The van der Waals surface area contributed by atoms with Gasteiger partial charge in [0.05, 0.1) is 5.75 Å². The summed E-state index contributed by atoms with van der Waals surface area (Å²) in [6, 6.07) is 10.5. The standard InChI is InChI=1S/C15H13ClN2S2/c1-9-4-3-5-11(6-9)19-8-13-17-14(16)12-7-10(2)20-15(12)18-13/h3-7H,8H2,1-2H3. The monoisotopic (exact) mass is 320 g/mol. The van der Waals surface area contributed by atoms with E-state index in [-0.39, 0.29) is 0 Å². The van der Waals surface area contributed by atoms with Gasteiger partial charge >= 0.3 is 0 Å². The zero-order valence-electron chi connectivity index (χ0n) is 11.2. The molecule has 0 bridgehead atoms. The van der Waals surface area contributed by atoms with Crippen molar-refractivity contribution in [3.63, 3.8) is 0 Å². The first kappa shape index (κ1) is 13.9. The molecule has 0 unspecified atom stereocenters. The van der Waals surface area contributed by atoms with Gasteiger partial charge in [0.1, 0.15) is 15.8 Å². The molecule has 2 aromatic heterocycles. The van der Waals surface area contributed by atoms with Crippen LogP contribution in [-0.2, 0) is 5.75 Å². The van der Waals surface area contributed by atoms with Gasteiger partial charge in [-0.25, -0.2) is 9.97 Å². The van der Waals surface area contributed by atoms with Crippen molar-refractivity contribution in [1.82, 2.24) is 9.97 Å². The highest BCUT2D eigenvalue weighted by Gasteiger charge is 2.09. The van der Waals surface area contributed by atoms with Crippen LogP contribution in [0.4, 0.5) is 0 Å². The van der Waals surface area contributed by atoms with Gasteiger partial charge < -0.3 is 0 Å². The Bertz CT molecular complexity index is 768. The van der Waals surface area contributed by atoms with E-state index in [0.29, 0.717) is 5.15 Å². The Morgan fingerprint density at radius 2 is 2.05 bits per heavy atom. The van der Waals surface area contributed by atoms with Crippen molar-refractivity contribution in [2.24, 2.45) is 0 Å². The Morgan fingerprint density at radius 3 is 2.85 bits per heavy atom. The summed E-state index contributed by atoms with van der Waals surface area (Å²) in [4.78, 5) is 12.4. The lowest BCUT2D eigenvalue weighted by Crippen LogP contribution is -1.92. The van der Waals surface area contributed by atoms with Crippen molar-refractivity contribution in [2.45, 2.75) is 24.5 Å². The molecule has 3 aromatic rings. The molecule has 0 N–H and O–H groups in total. The van der Waals surface area contributed by atoms with Crippen LogP contribution in [0.3, 0.4) is 0 Å². The molecule has 0 aliphatic heterocycles. The normalized spacial score (nSPS) is 11.2. The maximum atomic E-state index is 6.23. The minimum atomic E-state index is 0.555. The summed E-state index contributed by atoms with van der Waals surface area (Å²) in [7, 11) is 0. The van der Waals surface area contributed by atoms with Gasteiger partial charge in [0, 0.05) is 15.2 Å². The summed E-state index contributed by atoms with van der Waals surface area (Å²) >= 11 is 9.62. The van der Waals surface area contributed by atoms with Crippen LogP contribution in [0.5, 0.6) is 0 Å². The van der Waals surface area contributed by atoms with Crippen molar-refractivity contribution in [3.05, 3.63) is 51.7 Å². The highest BCUT2D eigenvalue weighted by atomic mass is 35.5. The second-order valence-corrected chi connectivity index (χ2v) is 7.25. The van der Waals surface area contributed by atoms with Gasteiger partial charge in [-0.1, -0.05) is 29.3 Å². The smallest absolute Gasteiger partial charge is 0.142 e. The quantitative estimate of drug-likeness (QED) is 0.486. The third-order valence-corrected chi connectivity index (χ3v) is 5.10. The van der Waals surface area contributed by atoms with E-state index in [2.05, 4.69) is 48.1 Å². The average Bonchev–Trinajstić information content (AvgIpc) is 2.78. The lowest BCUT2D eigenvalue weighted by atomic mass is 10.2. The third kappa shape index (κ3) is 2.97. The lowest BCUT2D eigenvalue weighted by molar-refractivity contribution is 1.07. The molecule has 0 radical (unpaired) electrons. The van der Waals surface area contributed by atoms with Crippen LogP contribution in [0.25, 0.3) is 10.2 Å². The van der Waals surface area contributed by atoms with Gasteiger partial charge in [-0.05, 0) is 32.0 Å². The van der Waals surface area contributed by atoms with Gasteiger partial charge in [0.2, 0.25) is 0 Å². The first-order valence-corrected chi connectivity index (χ1v) is 8.42. The Hall–Kier alpha value is -1.10. The molecule has 0 atom stereocenters. The summed E-state index contributed by atoms with van der Waals surface area (Å²) in [6.45, 7) is 4.15. The molecule has 2 heterocycles. The van der Waals surface area contributed by atoms with E-state index in [1.807, 2.05) is 6.07 Å². The first-order valence-electron chi connectivity index (χ1n) is 6.24. The molecule has 5 heteroatoms. The van der Waals surface area contributed by atoms with Gasteiger partial charge in [-0.2, -0.15) is 0 Å². The molecular weight excluding hydrogens is 308 g/mol. The van der Waals surface area contributed by atoms with E-state index in [4.69, 9.17) is 11.6 Å². The molecule has 0 spiro atoms. The van der Waals surface area contributed by atoms with E-state index in [1.54, 1.807) is 23.1 Å². The maximum Gasteiger partial charge on any atom is 0.142 e. The number of rotatable bonds is 3. The van der Waals surface area contributed by atoms with E-state index in [9.17, 15) is 0 Å². The predicted octanol–water partition coefficient (Wildman–Crippen LogP) is 5.25. The molecule has 0 saturated carbocycles. The summed E-state index contributed by atoms with van der Waals surface area (Å²) in [5.41, 5.74) is 1.26. The average molecular weight is 321 g/mol. The molecule has 0 saturated heterocycles. The van der Waals surface area contributed by atoms with E-state index in [0.717, 1.165) is 21.8 Å². The molecule has 0 fully saturated rings. The van der Waals surface area contributed by atoms with Crippen molar-refractivity contribution >= 4 is 44.9 Å². The molecule has 20 heavy (non-hydrogen) atoms. The predicted molar refractivity (Wildman–Crippen MR) is 87.9 cm³/mol. The zero-order valence-corrected chi connectivity index (χ0v) is 13.6. The van der Waals surface area contributed by atoms with Crippen LogP contribution in [0, 0.1) is 13.8 Å². The Kier molecular flexibility index (Phi) is 3.96. The molecular formula is C15H13ClN2S2. The number of nitrogens with zero attached hydrogens (tertiary/aromatic N) is 2. The second-order valence-electron chi connectivity index (χ2n) is 4.61.